The van der Waals surface area contributed by atoms with Gasteiger partial charge in [-0.25, -0.2) is 4.39 Å². The first-order valence-electron chi connectivity index (χ1n) is 9.04. The topological polar surface area (TPSA) is 49.4 Å². The number of hydrogen-bond donors (Lipinski definition) is 1. The number of rotatable bonds is 6. The third kappa shape index (κ3) is 5.91. The average molecular weight is 370 g/mol. The van der Waals surface area contributed by atoms with Gasteiger partial charge in [0.1, 0.15) is 5.82 Å². The van der Waals surface area contributed by atoms with Gasteiger partial charge in [-0.05, 0) is 29.2 Å². The summed E-state index contributed by atoms with van der Waals surface area (Å²) < 4.78 is 13.7. The molecule has 0 saturated carbocycles. The zero-order valence-electron chi connectivity index (χ0n) is 16.4. The van der Waals surface area contributed by atoms with Crippen molar-refractivity contribution >= 4 is 11.8 Å². The molecule has 0 aliphatic heterocycles. The van der Waals surface area contributed by atoms with Crippen LogP contribution in [0.2, 0.25) is 0 Å². The van der Waals surface area contributed by atoms with E-state index in [1.165, 1.54) is 11.0 Å². The highest BCUT2D eigenvalue weighted by Gasteiger charge is 2.15. The van der Waals surface area contributed by atoms with E-state index in [4.69, 9.17) is 0 Å². The van der Waals surface area contributed by atoms with Crippen LogP contribution in [-0.4, -0.2) is 30.3 Å². The van der Waals surface area contributed by atoms with E-state index in [9.17, 15) is 14.0 Å². The maximum atomic E-state index is 13.7. The van der Waals surface area contributed by atoms with Gasteiger partial charge in [0.15, 0.2) is 0 Å². The third-order valence-corrected chi connectivity index (χ3v) is 4.43. The van der Waals surface area contributed by atoms with Gasteiger partial charge < -0.3 is 10.2 Å². The Bertz CT molecular complexity index is 795. The van der Waals surface area contributed by atoms with Gasteiger partial charge in [-0.3, -0.25) is 9.59 Å². The van der Waals surface area contributed by atoms with Crippen LogP contribution in [0.15, 0.2) is 48.5 Å². The minimum atomic E-state index is -0.329. The molecule has 27 heavy (non-hydrogen) atoms. The predicted octanol–water partition coefficient (Wildman–Crippen LogP) is 3.90. The molecule has 0 radical (unpaired) electrons. The van der Waals surface area contributed by atoms with Gasteiger partial charge in [-0.15, -0.1) is 0 Å². The molecule has 0 saturated heterocycles. The predicted molar refractivity (Wildman–Crippen MR) is 105 cm³/mol. The molecule has 0 bridgehead atoms. The van der Waals surface area contributed by atoms with Crippen LogP contribution in [0.5, 0.6) is 0 Å². The quantitative estimate of drug-likeness (QED) is 0.838. The van der Waals surface area contributed by atoms with E-state index in [1.54, 1.807) is 37.4 Å². The molecule has 4 nitrogen and oxygen atoms in total. The normalized spacial score (nSPS) is 11.1. The average Bonchev–Trinajstić information content (AvgIpc) is 2.62. The van der Waals surface area contributed by atoms with Crippen molar-refractivity contribution < 1.29 is 14.0 Å². The lowest BCUT2D eigenvalue weighted by atomic mass is 9.87. The third-order valence-electron chi connectivity index (χ3n) is 4.43. The number of amides is 2. The fourth-order valence-corrected chi connectivity index (χ4v) is 2.67. The molecule has 144 valence electrons. The smallest absolute Gasteiger partial charge is 0.251 e. The van der Waals surface area contributed by atoms with Gasteiger partial charge in [0.25, 0.3) is 5.91 Å². The van der Waals surface area contributed by atoms with Crippen LogP contribution in [0.3, 0.4) is 0 Å². The summed E-state index contributed by atoms with van der Waals surface area (Å²) in [5, 5.41) is 2.76. The van der Waals surface area contributed by atoms with Gasteiger partial charge in [0.2, 0.25) is 5.91 Å². The molecule has 0 unspecified atom stereocenters. The summed E-state index contributed by atoms with van der Waals surface area (Å²) >= 11 is 0. The lowest BCUT2D eigenvalue weighted by molar-refractivity contribution is -0.130. The van der Waals surface area contributed by atoms with Crippen LogP contribution in [0.25, 0.3) is 0 Å². The van der Waals surface area contributed by atoms with Crippen LogP contribution in [0.4, 0.5) is 4.39 Å². The van der Waals surface area contributed by atoms with Gasteiger partial charge in [-0.2, -0.15) is 0 Å². The molecule has 5 heteroatoms. The van der Waals surface area contributed by atoms with E-state index in [0.717, 1.165) is 5.56 Å². The Morgan fingerprint density at radius 2 is 1.67 bits per heavy atom. The van der Waals surface area contributed by atoms with E-state index < -0.39 is 0 Å². The van der Waals surface area contributed by atoms with E-state index in [-0.39, 0.29) is 42.6 Å². The summed E-state index contributed by atoms with van der Waals surface area (Å²) in [5.41, 5.74) is 2.22. The minimum Gasteiger partial charge on any atom is -0.352 e. The second kappa shape index (κ2) is 8.80. The van der Waals surface area contributed by atoms with Crippen molar-refractivity contribution in [3.05, 3.63) is 71.0 Å². The minimum absolute atomic E-state index is 0.0320. The first kappa shape index (κ1) is 20.6. The second-order valence-corrected chi connectivity index (χ2v) is 7.67. The number of carbonyl (C=O) groups is 2. The van der Waals surface area contributed by atoms with Crippen molar-refractivity contribution in [1.29, 1.82) is 0 Å². The van der Waals surface area contributed by atoms with Crippen molar-refractivity contribution in [3.8, 4) is 0 Å². The maximum Gasteiger partial charge on any atom is 0.251 e. The van der Waals surface area contributed by atoms with E-state index >= 15 is 0 Å². The summed E-state index contributed by atoms with van der Waals surface area (Å²) in [4.78, 5) is 25.9. The van der Waals surface area contributed by atoms with E-state index in [2.05, 4.69) is 26.1 Å². The molecule has 0 atom stereocenters. The largest absolute Gasteiger partial charge is 0.352 e. The SMILES string of the molecule is CN(Cc1ccccc1F)C(=O)CCNC(=O)c1ccc(C(C)(C)C)cc1. The Kier molecular flexibility index (Phi) is 6.72. The molecular formula is C22H27FN2O2. The molecule has 2 aromatic carbocycles. The van der Waals surface area contributed by atoms with Gasteiger partial charge in [-0.1, -0.05) is 51.1 Å². The first-order chi connectivity index (χ1) is 12.7. The number of nitrogens with zero attached hydrogens (tertiary/aromatic N) is 1. The first-order valence-corrected chi connectivity index (χ1v) is 9.04. The summed E-state index contributed by atoms with van der Waals surface area (Å²) in [7, 11) is 1.63. The monoisotopic (exact) mass is 370 g/mol. The Morgan fingerprint density at radius 3 is 2.26 bits per heavy atom. The fraction of sp³-hybridized carbons (Fsp3) is 0.364. The molecular weight excluding hydrogens is 343 g/mol. The van der Waals surface area contributed by atoms with Crippen molar-refractivity contribution in [3.63, 3.8) is 0 Å². The highest BCUT2D eigenvalue weighted by molar-refractivity contribution is 5.94. The lowest BCUT2D eigenvalue weighted by Gasteiger charge is -2.19. The molecule has 0 fully saturated rings. The van der Waals surface area contributed by atoms with Crippen molar-refractivity contribution in [1.82, 2.24) is 10.2 Å². The Hall–Kier alpha value is -2.69. The number of benzene rings is 2. The Balaban J connectivity index is 1.82. The molecule has 2 rings (SSSR count). The maximum absolute atomic E-state index is 13.7. The zero-order chi connectivity index (χ0) is 20.0. The van der Waals surface area contributed by atoms with Gasteiger partial charge >= 0.3 is 0 Å². The molecule has 1 N–H and O–H groups in total. The van der Waals surface area contributed by atoms with Gasteiger partial charge in [0, 0.05) is 37.7 Å². The van der Waals surface area contributed by atoms with E-state index in [0.29, 0.717) is 11.1 Å². The van der Waals surface area contributed by atoms with Gasteiger partial charge in [0.05, 0.1) is 0 Å². The van der Waals surface area contributed by atoms with Crippen LogP contribution < -0.4 is 5.32 Å². The van der Waals surface area contributed by atoms with Crippen LogP contribution >= 0.6 is 0 Å². The summed E-state index contributed by atoms with van der Waals surface area (Å²) in [6.07, 6.45) is 0.163. The standard InChI is InChI=1S/C22H27FN2O2/c1-22(2,3)18-11-9-16(10-12-18)21(27)24-14-13-20(26)25(4)15-17-7-5-6-8-19(17)23/h5-12H,13-15H2,1-4H3,(H,24,27). The van der Waals surface area contributed by atoms with Crippen molar-refractivity contribution in [2.75, 3.05) is 13.6 Å². The summed E-state index contributed by atoms with van der Waals surface area (Å²) in [5.74, 6) is -0.689. The zero-order valence-corrected chi connectivity index (χ0v) is 16.4. The molecule has 2 aromatic rings. The van der Waals surface area contributed by atoms with E-state index in [1.807, 2.05) is 12.1 Å². The summed E-state index contributed by atoms with van der Waals surface area (Å²) in [6, 6.07) is 13.9. The number of halogens is 1. The Labute approximate surface area is 160 Å². The molecule has 0 spiro atoms. The van der Waals surface area contributed by atoms with Crippen molar-refractivity contribution in [2.45, 2.75) is 39.2 Å². The second-order valence-electron chi connectivity index (χ2n) is 7.67. The number of nitrogens with one attached hydrogen (secondary N) is 1. The fourth-order valence-electron chi connectivity index (χ4n) is 2.67. The molecule has 0 aromatic heterocycles. The Morgan fingerprint density at radius 1 is 1.04 bits per heavy atom. The molecule has 0 aliphatic carbocycles. The van der Waals surface area contributed by atoms with Crippen molar-refractivity contribution in [2.24, 2.45) is 0 Å². The highest BCUT2D eigenvalue weighted by atomic mass is 19.1. The highest BCUT2D eigenvalue weighted by Crippen LogP contribution is 2.22. The number of hydrogen-bond acceptors (Lipinski definition) is 2. The van der Waals surface area contributed by atoms with Crippen LogP contribution in [0, 0.1) is 5.82 Å². The van der Waals surface area contributed by atoms with Crippen LogP contribution in [-0.2, 0) is 16.8 Å². The number of carbonyl (C=O) groups excluding carboxylic acids is 2. The molecule has 0 aliphatic rings. The van der Waals surface area contributed by atoms with Crippen LogP contribution in [0.1, 0.15) is 48.7 Å². The molecule has 2 amide bonds. The summed E-state index contributed by atoms with van der Waals surface area (Å²) in [6.45, 7) is 6.79. The lowest BCUT2D eigenvalue weighted by Crippen LogP contribution is -2.32. The molecule has 0 heterocycles.